The molecule has 0 atom stereocenters. The molecule has 0 aromatic heterocycles. The molecule has 150 valence electrons. The van der Waals surface area contributed by atoms with Gasteiger partial charge in [0.05, 0.1) is 0 Å². The van der Waals surface area contributed by atoms with Crippen LogP contribution in [0.25, 0.3) is 0 Å². The van der Waals surface area contributed by atoms with Crippen LogP contribution in [0, 0.1) is 5.92 Å². The summed E-state index contributed by atoms with van der Waals surface area (Å²) in [5, 5.41) is -0.120. The van der Waals surface area contributed by atoms with Gasteiger partial charge in [-0.3, -0.25) is 4.79 Å². The fourth-order valence-electron chi connectivity index (χ4n) is 4.02. The van der Waals surface area contributed by atoms with Crippen molar-refractivity contribution in [1.29, 1.82) is 0 Å². The van der Waals surface area contributed by atoms with E-state index in [9.17, 15) is 13.6 Å². The standard InChI is InChI=1S/C24H28F2OS/c1-2-3-4-17-5-7-18(8-6-17)19-13-15-22(16-14-19)28-24(27)21-11-9-20(10-12-21)23(25)26/h9-18,23H,2-8H2,1H3. The molecule has 1 saturated carbocycles. The molecule has 0 heterocycles. The van der Waals surface area contributed by atoms with Gasteiger partial charge in [0.1, 0.15) is 0 Å². The summed E-state index contributed by atoms with van der Waals surface area (Å²) in [7, 11) is 0. The van der Waals surface area contributed by atoms with Crippen LogP contribution in [0.5, 0.6) is 0 Å². The molecule has 1 aliphatic rings. The highest BCUT2D eigenvalue weighted by Crippen LogP contribution is 2.38. The molecule has 2 aromatic rings. The van der Waals surface area contributed by atoms with Crippen LogP contribution in [0.1, 0.15) is 85.7 Å². The summed E-state index contributed by atoms with van der Waals surface area (Å²) >= 11 is 1.15. The average Bonchev–Trinajstić information content (AvgIpc) is 2.73. The molecule has 0 aliphatic heterocycles. The summed E-state index contributed by atoms with van der Waals surface area (Å²) in [6, 6.07) is 13.9. The summed E-state index contributed by atoms with van der Waals surface area (Å²) in [5.41, 5.74) is 1.76. The quantitative estimate of drug-likeness (QED) is 0.436. The van der Waals surface area contributed by atoms with Crippen molar-refractivity contribution in [3.63, 3.8) is 0 Å². The van der Waals surface area contributed by atoms with Crippen molar-refractivity contribution in [1.82, 2.24) is 0 Å². The van der Waals surface area contributed by atoms with Gasteiger partial charge in [0.25, 0.3) is 6.43 Å². The number of rotatable bonds is 7. The van der Waals surface area contributed by atoms with Gasteiger partial charge < -0.3 is 0 Å². The Morgan fingerprint density at radius 2 is 1.64 bits per heavy atom. The molecule has 0 radical (unpaired) electrons. The van der Waals surface area contributed by atoms with Crippen LogP contribution in [0.4, 0.5) is 8.78 Å². The van der Waals surface area contributed by atoms with Crippen molar-refractivity contribution in [2.24, 2.45) is 5.92 Å². The van der Waals surface area contributed by atoms with Gasteiger partial charge in [-0.15, -0.1) is 0 Å². The molecule has 28 heavy (non-hydrogen) atoms. The predicted molar refractivity (Wildman–Crippen MR) is 112 cm³/mol. The third kappa shape index (κ3) is 5.66. The first-order valence-corrected chi connectivity index (χ1v) is 11.1. The van der Waals surface area contributed by atoms with Crippen LogP contribution < -0.4 is 0 Å². The lowest BCUT2D eigenvalue weighted by Gasteiger charge is -2.28. The Morgan fingerprint density at radius 3 is 2.21 bits per heavy atom. The number of halogens is 2. The summed E-state index contributed by atoms with van der Waals surface area (Å²) < 4.78 is 25.2. The smallest absolute Gasteiger partial charge is 0.263 e. The molecule has 0 saturated heterocycles. The number of unbranched alkanes of at least 4 members (excludes halogenated alkanes) is 1. The van der Waals surface area contributed by atoms with Crippen LogP contribution >= 0.6 is 11.8 Å². The number of alkyl halides is 2. The van der Waals surface area contributed by atoms with Gasteiger partial charge in [0.2, 0.25) is 5.12 Å². The minimum Gasteiger partial charge on any atom is -0.281 e. The normalized spacial score (nSPS) is 19.7. The molecule has 0 amide bonds. The topological polar surface area (TPSA) is 17.1 Å². The maximum absolute atomic E-state index is 12.6. The summed E-state index contributed by atoms with van der Waals surface area (Å²) in [5.74, 6) is 1.54. The zero-order valence-corrected chi connectivity index (χ0v) is 17.2. The van der Waals surface area contributed by atoms with Gasteiger partial charge in [-0.2, -0.15) is 0 Å². The highest BCUT2D eigenvalue weighted by molar-refractivity contribution is 8.14. The van der Waals surface area contributed by atoms with Crippen molar-refractivity contribution < 1.29 is 13.6 Å². The molecule has 0 bridgehead atoms. The zero-order valence-electron chi connectivity index (χ0n) is 16.4. The van der Waals surface area contributed by atoms with Gasteiger partial charge in [-0.1, -0.05) is 62.6 Å². The lowest BCUT2D eigenvalue weighted by molar-refractivity contribution is 0.108. The largest absolute Gasteiger partial charge is 0.281 e. The van der Waals surface area contributed by atoms with Crippen LogP contribution in [-0.2, 0) is 0 Å². The lowest BCUT2D eigenvalue weighted by Crippen LogP contribution is -2.13. The first kappa shape index (κ1) is 21.0. The second-order valence-electron chi connectivity index (χ2n) is 7.74. The van der Waals surface area contributed by atoms with E-state index in [2.05, 4.69) is 19.1 Å². The number of carbonyl (C=O) groups excluding carboxylic acids is 1. The predicted octanol–water partition coefficient (Wildman–Crippen LogP) is 8.02. The summed E-state index contributed by atoms with van der Waals surface area (Å²) in [6.45, 7) is 2.26. The molecule has 3 rings (SSSR count). The van der Waals surface area contributed by atoms with Crippen molar-refractivity contribution in [2.75, 3.05) is 0 Å². The molecular weight excluding hydrogens is 374 g/mol. The minimum absolute atomic E-state index is 0.0599. The van der Waals surface area contributed by atoms with Gasteiger partial charge in [-0.05, 0) is 67.0 Å². The Balaban J connectivity index is 1.54. The zero-order chi connectivity index (χ0) is 19.9. The fraction of sp³-hybridized carbons (Fsp3) is 0.458. The molecule has 0 N–H and O–H groups in total. The van der Waals surface area contributed by atoms with Crippen LogP contribution in [0.2, 0.25) is 0 Å². The van der Waals surface area contributed by atoms with Crippen molar-refractivity contribution >= 4 is 16.9 Å². The second kappa shape index (κ2) is 10.2. The summed E-state index contributed by atoms with van der Waals surface area (Å²) in [4.78, 5) is 13.3. The molecule has 1 aliphatic carbocycles. The minimum atomic E-state index is -2.51. The van der Waals surface area contributed by atoms with Crippen molar-refractivity contribution in [2.45, 2.75) is 69.1 Å². The SMILES string of the molecule is CCCCC1CCC(c2ccc(SC(=O)c3ccc(C(F)F)cc3)cc2)CC1. The van der Waals surface area contributed by atoms with Crippen LogP contribution in [0.3, 0.4) is 0 Å². The van der Waals surface area contributed by atoms with Crippen molar-refractivity contribution in [3.05, 3.63) is 65.2 Å². The Kier molecular flexibility index (Phi) is 7.66. The number of hydrogen-bond acceptors (Lipinski definition) is 2. The summed E-state index contributed by atoms with van der Waals surface area (Å²) in [6.07, 6.45) is 6.67. The third-order valence-electron chi connectivity index (χ3n) is 5.77. The van der Waals surface area contributed by atoms with E-state index in [0.29, 0.717) is 11.5 Å². The number of carbonyl (C=O) groups is 1. The Morgan fingerprint density at radius 1 is 1.00 bits per heavy atom. The van der Waals surface area contributed by atoms with Gasteiger partial charge in [0.15, 0.2) is 0 Å². The molecule has 4 heteroatoms. The molecule has 1 fully saturated rings. The van der Waals surface area contributed by atoms with E-state index >= 15 is 0 Å². The molecule has 0 spiro atoms. The van der Waals surface area contributed by atoms with Crippen LogP contribution in [0.15, 0.2) is 53.4 Å². The molecular formula is C24H28F2OS. The fourth-order valence-corrected chi connectivity index (χ4v) is 4.76. The van der Waals surface area contributed by atoms with E-state index in [1.165, 1.54) is 74.8 Å². The number of hydrogen-bond donors (Lipinski definition) is 0. The highest BCUT2D eigenvalue weighted by atomic mass is 32.2. The van der Waals surface area contributed by atoms with Crippen LogP contribution in [-0.4, -0.2) is 5.12 Å². The maximum Gasteiger partial charge on any atom is 0.263 e. The lowest BCUT2D eigenvalue weighted by atomic mass is 9.77. The van der Waals surface area contributed by atoms with E-state index in [1.54, 1.807) is 0 Å². The molecule has 0 unspecified atom stereocenters. The van der Waals surface area contributed by atoms with Gasteiger partial charge in [-0.25, -0.2) is 8.78 Å². The van der Waals surface area contributed by atoms with Gasteiger partial charge >= 0.3 is 0 Å². The Labute approximate surface area is 170 Å². The first-order chi connectivity index (χ1) is 13.6. The number of benzene rings is 2. The number of thioether (sulfide) groups is 1. The second-order valence-corrected chi connectivity index (χ2v) is 8.79. The van der Waals surface area contributed by atoms with E-state index in [4.69, 9.17) is 0 Å². The van der Waals surface area contributed by atoms with Crippen molar-refractivity contribution in [3.8, 4) is 0 Å². The van der Waals surface area contributed by atoms with Gasteiger partial charge in [0, 0.05) is 16.0 Å². The monoisotopic (exact) mass is 402 g/mol. The average molecular weight is 403 g/mol. The molecule has 2 aromatic carbocycles. The molecule has 1 nitrogen and oxygen atoms in total. The van der Waals surface area contributed by atoms with E-state index in [0.717, 1.165) is 22.6 Å². The Bertz CT molecular complexity index is 747. The highest BCUT2D eigenvalue weighted by Gasteiger charge is 2.22. The maximum atomic E-state index is 12.6. The van der Waals surface area contributed by atoms with E-state index in [-0.39, 0.29) is 10.7 Å². The van der Waals surface area contributed by atoms with E-state index in [1.807, 2.05) is 12.1 Å². The Hall–Kier alpha value is -1.68. The van der Waals surface area contributed by atoms with E-state index < -0.39 is 6.43 Å². The third-order valence-corrected chi connectivity index (χ3v) is 6.70. The first-order valence-electron chi connectivity index (χ1n) is 10.3.